The monoisotopic (exact) mass is 528 g/mol. The van der Waals surface area contributed by atoms with Crippen molar-refractivity contribution in [2.75, 3.05) is 32.8 Å². The summed E-state index contributed by atoms with van der Waals surface area (Å²) in [5, 5.41) is 37.6. The number of halogens is 1. The van der Waals surface area contributed by atoms with Crippen molar-refractivity contribution in [2.24, 2.45) is 5.41 Å². The number of aromatic nitrogens is 2. The van der Waals surface area contributed by atoms with Gasteiger partial charge in [-0.2, -0.15) is 15.0 Å². The van der Waals surface area contributed by atoms with E-state index in [0.717, 1.165) is 4.68 Å². The van der Waals surface area contributed by atoms with Crippen molar-refractivity contribution >= 4 is 11.9 Å². The molecule has 0 spiro atoms. The number of hydrogen-bond donors (Lipinski definition) is 3. The van der Waals surface area contributed by atoms with Crippen LogP contribution in [0.25, 0.3) is 0 Å². The number of β-amino-alcohol motifs (C(OH)–C–C–N with tert-alkyl or cyclic N) is 1. The van der Waals surface area contributed by atoms with E-state index >= 15 is 0 Å². The molecule has 2 fully saturated rings. The van der Waals surface area contributed by atoms with Crippen LogP contribution in [-0.2, 0) is 6.61 Å². The molecule has 3 atom stereocenters. The molecule has 12 heteroatoms. The molecule has 2 aliphatic rings. The number of nitriles is 1. The van der Waals surface area contributed by atoms with Gasteiger partial charge in [0.15, 0.2) is 0 Å². The lowest BCUT2D eigenvalue weighted by molar-refractivity contribution is 0.0593. The molecule has 2 saturated heterocycles. The smallest absolute Gasteiger partial charge is 0.320 e. The minimum Gasteiger partial charge on any atom is -0.472 e. The minimum atomic E-state index is -1.21. The molecule has 11 nitrogen and oxygen atoms in total. The first-order valence-electron chi connectivity index (χ1n) is 12.6. The summed E-state index contributed by atoms with van der Waals surface area (Å²) in [6.07, 6.45) is -0.0218. The number of aliphatic hydroxyl groups excluding tert-OH is 2. The lowest BCUT2D eigenvalue weighted by Crippen LogP contribution is -2.57. The van der Waals surface area contributed by atoms with Gasteiger partial charge < -0.3 is 30.1 Å². The van der Waals surface area contributed by atoms with Crippen molar-refractivity contribution in [2.45, 2.75) is 52.0 Å². The van der Waals surface area contributed by atoms with Gasteiger partial charge in [0.2, 0.25) is 5.88 Å². The summed E-state index contributed by atoms with van der Waals surface area (Å²) in [7, 11) is 0. The molecule has 3 unspecified atom stereocenters. The highest BCUT2D eigenvalue weighted by atomic mass is 19.1. The van der Waals surface area contributed by atoms with Gasteiger partial charge in [0.05, 0.1) is 30.2 Å². The minimum absolute atomic E-state index is 0.0319. The molecule has 204 valence electrons. The Morgan fingerprint density at radius 1 is 1.29 bits per heavy atom. The Morgan fingerprint density at radius 2 is 2.00 bits per heavy atom. The summed E-state index contributed by atoms with van der Waals surface area (Å²) in [4.78, 5) is 29.9. The number of piperazine rings is 1. The maximum atomic E-state index is 13.4. The van der Waals surface area contributed by atoms with Gasteiger partial charge in [0.1, 0.15) is 29.8 Å². The van der Waals surface area contributed by atoms with Gasteiger partial charge in [0.25, 0.3) is 5.91 Å². The zero-order valence-corrected chi connectivity index (χ0v) is 21.7. The molecule has 2 amide bonds. The fraction of sp³-hybridized carbons (Fsp3) is 0.538. The van der Waals surface area contributed by atoms with E-state index in [1.54, 1.807) is 23.6 Å². The topological polar surface area (TPSA) is 144 Å². The van der Waals surface area contributed by atoms with Gasteiger partial charge in [-0.25, -0.2) is 9.18 Å². The third-order valence-electron chi connectivity index (χ3n) is 7.10. The molecular weight excluding hydrogens is 495 g/mol. The SMILES string of the molecule is CC1C(c2nn(C(=O)C(C)(C)CO)c(OCc3ccc(F)cc3)c2C#N)NCCN1C(=O)N1CCC(O)C1. The van der Waals surface area contributed by atoms with E-state index in [2.05, 4.69) is 16.5 Å². The van der Waals surface area contributed by atoms with Crippen molar-refractivity contribution < 1.29 is 28.9 Å². The van der Waals surface area contributed by atoms with Crippen LogP contribution in [0, 0.1) is 22.6 Å². The Balaban J connectivity index is 1.69. The van der Waals surface area contributed by atoms with Crippen molar-refractivity contribution in [1.29, 1.82) is 5.26 Å². The van der Waals surface area contributed by atoms with Crippen LogP contribution in [0.15, 0.2) is 24.3 Å². The Labute approximate surface area is 220 Å². The third kappa shape index (κ3) is 5.36. The van der Waals surface area contributed by atoms with Crippen LogP contribution in [0.3, 0.4) is 0 Å². The molecular formula is C26H33FN6O5. The molecule has 2 aliphatic heterocycles. The summed E-state index contributed by atoms with van der Waals surface area (Å²) >= 11 is 0. The highest BCUT2D eigenvalue weighted by molar-refractivity contribution is 5.85. The number of hydrogen-bond acceptors (Lipinski definition) is 8. The number of ether oxygens (including phenoxy) is 1. The Hall–Kier alpha value is -3.53. The molecule has 3 N–H and O–H groups in total. The molecule has 0 bridgehead atoms. The fourth-order valence-corrected chi connectivity index (χ4v) is 4.69. The predicted molar refractivity (Wildman–Crippen MR) is 134 cm³/mol. The average Bonchev–Trinajstić information content (AvgIpc) is 3.50. The van der Waals surface area contributed by atoms with Gasteiger partial charge in [-0.05, 0) is 44.9 Å². The van der Waals surface area contributed by atoms with E-state index in [-0.39, 0.29) is 36.3 Å². The van der Waals surface area contributed by atoms with Crippen LogP contribution in [0.5, 0.6) is 5.88 Å². The molecule has 0 aliphatic carbocycles. The second-order valence-electron chi connectivity index (χ2n) is 10.4. The van der Waals surface area contributed by atoms with E-state index in [9.17, 15) is 29.5 Å². The maximum Gasteiger partial charge on any atom is 0.320 e. The first-order valence-corrected chi connectivity index (χ1v) is 12.6. The van der Waals surface area contributed by atoms with Crippen molar-refractivity contribution in [3.05, 3.63) is 46.9 Å². The summed E-state index contributed by atoms with van der Waals surface area (Å²) < 4.78 is 20.3. The number of aliphatic hydroxyl groups is 2. The second kappa shape index (κ2) is 11.1. The van der Waals surface area contributed by atoms with Gasteiger partial charge in [0, 0.05) is 26.2 Å². The van der Waals surface area contributed by atoms with Crippen molar-refractivity contribution in [3.63, 3.8) is 0 Å². The third-order valence-corrected chi connectivity index (χ3v) is 7.10. The van der Waals surface area contributed by atoms with Crippen molar-refractivity contribution in [3.8, 4) is 11.9 Å². The van der Waals surface area contributed by atoms with Crippen molar-refractivity contribution in [1.82, 2.24) is 24.9 Å². The number of rotatable bonds is 6. The van der Waals surface area contributed by atoms with Crippen LogP contribution in [-0.4, -0.2) is 86.7 Å². The van der Waals surface area contributed by atoms with E-state index in [1.807, 2.05) is 6.92 Å². The standard InChI is InChI=1S/C26H33FN6O5/c1-16-21(29-9-11-32(16)25(37)31-10-8-19(35)13-31)22-20(12-28)23(33(30-22)24(36)26(2,3)15-34)38-14-17-4-6-18(27)7-5-17/h4-7,16,19,21,29,34-35H,8-11,13-15H2,1-3H3. The number of amides is 2. The molecule has 3 heterocycles. The molecule has 38 heavy (non-hydrogen) atoms. The van der Waals surface area contributed by atoms with E-state index < -0.39 is 41.9 Å². The van der Waals surface area contributed by atoms with Gasteiger partial charge in [-0.1, -0.05) is 12.1 Å². The van der Waals surface area contributed by atoms with Gasteiger partial charge in [-0.15, -0.1) is 0 Å². The van der Waals surface area contributed by atoms with E-state index in [4.69, 9.17) is 4.74 Å². The summed E-state index contributed by atoms with van der Waals surface area (Å²) in [5.74, 6) is -1.06. The van der Waals surface area contributed by atoms with Crippen LogP contribution in [0.1, 0.15) is 54.8 Å². The first-order chi connectivity index (χ1) is 18.1. The normalized spacial score (nSPS) is 21.9. The van der Waals surface area contributed by atoms with Gasteiger partial charge >= 0.3 is 6.03 Å². The highest BCUT2D eigenvalue weighted by Crippen LogP contribution is 2.34. The number of nitrogens with one attached hydrogen (secondary N) is 1. The van der Waals surface area contributed by atoms with E-state index in [0.29, 0.717) is 31.6 Å². The van der Waals surface area contributed by atoms with Crippen LogP contribution in [0.4, 0.5) is 9.18 Å². The zero-order chi connectivity index (χ0) is 27.6. The quantitative estimate of drug-likeness (QED) is 0.514. The maximum absolute atomic E-state index is 13.4. The molecule has 1 aromatic carbocycles. The fourth-order valence-electron chi connectivity index (χ4n) is 4.69. The Kier molecular flexibility index (Phi) is 8.01. The van der Waals surface area contributed by atoms with Crippen LogP contribution >= 0.6 is 0 Å². The first kappa shape index (κ1) is 27.5. The number of benzene rings is 1. The largest absolute Gasteiger partial charge is 0.472 e. The summed E-state index contributed by atoms with van der Waals surface area (Å²) in [5.41, 5.74) is -0.319. The highest BCUT2D eigenvalue weighted by Gasteiger charge is 2.41. The van der Waals surface area contributed by atoms with Crippen LogP contribution < -0.4 is 10.1 Å². The molecule has 2 aromatic rings. The molecule has 0 radical (unpaired) electrons. The predicted octanol–water partition coefficient (Wildman–Crippen LogP) is 1.65. The van der Waals surface area contributed by atoms with E-state index in [1.165, 1.54) is 24.3 Å². The Bertz CT molecular complexity index is 1220. The summed E-state index contributed by atoms with van der Waals surface area (Å²) in [6, 6.07) is 6.51. The molecule has 1 aromatic heterocycles. The number of carbonyl (C=O) groups excluding carboxylic acids is 2. The second-order valence-corrected chi connectivity index (χ2v) is 10.4. The van der Waals surface area contributed by atoms with Gasteiger partial charge in [-0.3, -0.25) is 4.79 Å². The molecule has 0 saturated carbocycles. The zero-order valence-electron chi connectivity index (χ0n) is 21.7. The molecule has 4 rings (SSSR count). The number of urea groups is 1. The van der Waals surface area contributed by atoms with Crippen LogP contribution in [0.2, 0.25) is 0 Å². The summed E-state index contributed by atoms with van der Waals surface area (Å²) in [6.45, 7) is 6.02. The number of likely N-dealkylation sites (tertiary alicyclic amines) is 1. The number of nitrogens with zero attached hydrogens (tertiary/aromatic N) is 5. The lowest BCUT2D eigenvalue weighted by atomic mass is 9.94. The Morgan fingerprint density at radius 3 is 2.61 bits per heavy atom. The average molecular weight is 529 g/mol. The number of carbonyl (C=O) groups is 2. The lowest BCUT2D eigenvalue weighted by Gasteiger charge is -2.41.